The van der Waals surface area contributed by atoms with Crippen molar-refractivity contribution in [3.63, 3.8) is 0 Å². The third-order valence-corrected chi connectivity index (χ3v) is 11.7. The molecule has 1 heterocycles. The molecule has 0 aliphatic carbocycles. The largest absolute Gasteiger partial charge is 0.467 e. The number of ether oxygens (including phenoxy) is 2. The molecule has 7 heteroatoms. The molecule has 1 aliphatic rings. The van der Waals surface area contributed by atoms with E-state index >= 15 is 0 Å². The lowest BCUT2D eigenvalue weighted by Crippen LogP contribution is -2.70. The Morgan fingerprint density at radius 2 is 1.47 bits per heavy atom. The number of amides is 1. The zero-order valence-corrected chi connectivity index (χ0v) is 21.7. The molecule has 6 nitrogen and oxygen atoms in total. The smallest absolute Gasteiger partial charge is 0.412 e. The number of methoxy groups -OCH3 is 2. The van der Waals surface area contributed by atoms with Crippen LogP contribution in [0.5, 0.6) is 0 Å². The molecule has 3 atom stereocenters. The van der Waals surface area contributed by atoms with Crippen LogP contribution in [-0.2, 0) is 18.7 Å². The molecule has 182 valence electrons. The fourth-order valence-corrected chi connectivity index (χ4v) is 9.68. The minimum absolute atomic E-state index is 0.259. The van der Waals surface area contributed by atoms with Crippen molar-refractivity contribution in [2.24, 2.45) is 5.92 Å². The lowest BCUT2D eigenvalue weighted by atomic mass is 9.88. The molecule has 0 aromatic heterocycles. The highest BCUT2D eigenvalue weighted by molar-refractivity contribution is 6.99. The number of hydrogen-bond donors (Lipinski definition) is 0. The highest BCUT2D eigenvalue weighted by Crippen LogP contribution is 2.40. The first-order valence-corrected chi connectivity index (χ1v) is 13.5. The van der Waals surface area contributed by atoms with Crippen molar-refractivity contribution in [3.05, 3.63) is 73.3 Å². The van der Waals surface area contributed by atoms with Gasteiger partial charge in [-0.15, -0.1) is 6.58 Å². The van der Waals surface area contributed by atoms with Crippen LogP contribution in [0, 0.1) is 5.92 Å². The van der Waals surface area contributed by atoms with Gasteiger partial charge in [0.15, 0.2) is 0 Å². The Hall–Kier alpha value is -2.90. The molecule has 0 radical (unpaired) electrons. The normalized spacial score (nSPS) is 21.0. The first kappa shape index (κ1) is 25.7. The van der Waals surface area contributed by atoms with E-state index < -0.39 is 32.6 Å². The van der Waals surface area contributed by atoms with Crippen LogP contribution in [-0.4, -0.2) is 51.8 Å². The Kier molecular flexibility index (Phi) is 7.99. The first-order valence-electron chi connectivity index (χ1n) is 11.6. The van der Waals surface area contributed by atoms with Crippen molar-refractivity contribution < 1.29 is 23.5 Å². The molecule has 0 bridgehead atoms. The highest BCUT2D eigenvalue weighted by Gasteiger charge is 2.55. The first-order chi connectivity index (χ1) is 16.2. The zero-order valence-electron chi connectivity index (χ0n) is 20.7. The van der Waals surface area contributed by atoms with E-state index in [1.54, 1.807) is 6.08 Å². The number of rotatable bonds is 6. The zero-order chi connectivity index (χ0) is 24.9. The quantitative estimate of drug-likeness (QED) is 0.353. The van der Waals surface area contributed by atoms with Gasteiger partial charge in [-0.2, -0.15) is 0 Å². The third-order valence-electron chi connectivity index (χ3n) is 6.62. The van der Waals surface area contributed by atoms with E-state index in [-0.39, 0.29) is 11.0 Å². The predicted octanol–water partition coefficient (Wildman–Crippen LogP) is 4.10. The molecule has 1 amide bonds. The van der Waals surface area contributed by atoms with E-state index in [1.165, 1.54) is 19.1 Å². The number of piperidine rings is 1. The molecule has 34 heavy (non-hydrogen) atoms. The predicted molar refractivity (Wildman–Crippen MR) is 135 cm³/mol. The van der Waals surface area contributed by atoms with Crippen LogP contribution < -0.4 is 10.4 Å². The van der Waals surface area contributed by atoms with Crippen molar-refractivity contribution in [3.8, 4) is 0 Å². The van der Waals surface area contributed by atoms with Crippen LogP contribution in [0.1, 0.15) is 33.6 Å². The van der Waals surface area contributed by atoms with Gasteiger partial charge in [-0.3, -0.25) is 4.90 Å². The van der Waals surface area contributed by atoms with Gasteiger partial charge in [0.1, 0.15) is 12.3 Å². The van der Waals surface area contributed by atoms with Crippen LogP contribution >= 0.6 is 0 Å². The van der Waals surface area contributed by atoms with E-state index in [1.807, 2.05) is 36.4 Å². The van der Waals surface area contributed by atoms with Crippen molar-refractivity contribution in [2.75, 3.05) is 14.2 Å². The average Bonchev–Trinajstić information content (AvgIpc) is 2.86. The summed E-state index contributed by atoms with van der Waals surface area (Å²) in [5.74, 6) is -0.767. The van der Waals surface area contributed by atoms with Crippen LogP contribution in [0.4, 0.5) is 4.79 Å². The minimum Gasteiger partial charge on any atom is -0.467 e. The topological polar surface area (TPSA) is 65.1 Å². The summed E-state index contributed by atoms with van der Waals surface area (Å²) in [4.78, 5) is 27.3. The number of nitrogens with zero attached hydrogens (tertiary/aromatic N) is 1. The highest BCUT2D eigenvalue weighted by atomic mass is 28.4. The Morgan fingerprint density at radius 1 is 0.941 bits per heavy atom. The fraction of sp³-hybridized carbons (Fsp3) is 0.407. The van der Waals surface area contributed by atoms with E-state index in [0.29, 0.717) is 12.8 Å². The van der Waals surface area contributed by atoms with Crippen LogP contribution in [0.2, 0.25) is 5.04 Å². The van der Waals surface area contributed by atoms with E-state index in [2.05, 4.69) is 51.6 Å². The SMILES string of the molecule is C=C[C@@H]1CC[C@@H](O[Si](c2ccccc2)(c2ccccc2)C(C)(C)C)N(C(=O)OC)[C@H]1C(=O)OC. The summed E-state index contributed by atoms with van der Waals surface area (Å²) < 4.78 is 17.4. The van der Waals surface area contributed by atoms with Crippen molar-refractivity contribution in [1.82, 2.24) is 4.90 Å². The van der Waals surface area contributed by atoms with Crippen LogP contribution in [0.25, 0.3) is 0 Å². The van der Waals surface area contributed by atoms with Gasteiger partial charge in [0.2, 0.25) is 0 Å². The summed E-state index contributed by atoms with van der Waals surface area (Å²) in [5.41, 5.74) is 0. The monoisotopic (exact) mass is 481 g/mol. The Bertz CT molecular complexity index is 950. The molecule has 0 N–H and O–H groups in total. The van der Waals surface area contributed by atoms with E-state index in [9.17, 15) is 9.59 Å². The minimum atomic E-state index is -2.97. The third kappa shape index (κ3) is 4.67. The van der Waals surface area contributed by atoms with Crippen LogP contribution in [0.3, 0.4) is 0 Å². The molecule has 1 fully saturated rings. The second-order valence-electron chi connectivity index (χ2n) is 9.56. The number of hydrogen-bond acceptors (Lipinski definition) is 5. The summed E-state index contributed by atoms with van der Waals surface area (Å²) in [6.07, 6.45) is 1.60. The van der Waals surface area contributed by atoms with Crippen LogP contribution in [0.15, 0.2) is 73.3 Å². The molecule has 0 saturated carbocycles. The molecule has 2 aromatic rings. The number of benzene rings is 2. The molecular formula is C27H35NO5Si. The fourth-order valence-electron chi connectivity index (χ4n) is 5.02. The van der Waals surface area contributed by atoms with Gasteiger partial charge in [0.05, 0.1) is 14.2 Å². The van der Waals surface area contributed by atoms with Gasteiger partial charge in [-0.25, -0.2) is 9.59 Å². The van der Waals surface area contributed by atoms with Crippen molar-refractivity contribution in [2.45, 2.75) is 50.9 Å². The Labute approximate surface area is 203 Å². The molecule has 1 saturated heterocycles. The van der Waals surface area contributed by atoms with Gasteiger partial charge >= 0.3 is 12.1 Å². The van der Waals surface area contributed by atoms with Gasteiger partial charge < -0.3 is 13.9 Å². The maximum atomic E-state index is 13.1. The summed E-state index contributed by atoms with van der Waals surface area (Å²) in [5, 5.41) is 1.91. The Morgan fingerprint density at radius 3 is 1.88 bits per heavy atom. The van der Waals surface area contributed by atoms with Gasteiger partial charge in [0, 0.05) is 5.92 Å². The molecule has 0 spiro atoms. The van der Waals surface area contributed by atoms with Gasteiger partial charge in [-0.05, 0) is 28.3 Å². The van der Waals surface area contributed by atoms with Gasteiger partial charge in [0.25, 0.3) is 8.32 Å². The number of carbonyl (C=O) groups excluding carboxylic acids is 2. The number of likely N-dealkylation sites (tertiary alicyclic amines) is 1. The van der Waals surface area contributed by atoms with Gasteiger partial charge in [-0.1, -0.05) is 87.5 Å². The summed E-state index contributed by atoms with van der Waals surface area (Å²) in [6.45, 7) is 10.4. The Balaban J connectivity index is 2.21. The lowest BCUT2D eigenvalue weighted by Gasteiger charge is -2.50. The summed E-state index contributed by atoms with van der Waals surface area (Å²) in [6, 6.07) is 19.5. The standard InChI is InChI=1S/C27H35NO5Si/c1-7-20-18-19-23(28(26(30)32-6)24(20)25(29)31-5)33-34(27(2,3)4,21-14-10-8-11-15-21)22-16-12-9-13-17-22/h7-17,20,23-24H,1,18-19H2,2-6H3/t20-,23-,24-/m1/s1. The maximum absolute atomic E-state index is 13.1. The lowest BCUT2D eigenvalue weighted by molar-refractivity contribution is -0.155. The van der Waals surface area contributed by atoms with E-state index in [4.69, 9.17) is 13.9 Å². The van der Waals surface area contributed by atoms with Crippen molar-refractivity contribution in [1.29, 1.82) is 0 Å². The molecule has 3 rings (SSSR count). The number of esters is 1. The average molecular weight is 482 g/mol. The molecular weight excluding hydrogens is 446 g/mol. The second kappa shape index (κ2) is 10.6. The molecule has 2 aromatic carbocycles. The molecule has 0 unspecified atom stereocenters. The summed E-state index contributed by atoms with van der Waals surface area (Å²) in [7, 11) is -0.334. The van der Waals surface area contributed by atoms with E-state index in [0.717, 1.165) is 10.4 Å². The summed E-state index contributed by atoms with van der Waals surface area (Å²) >= 11 is 0. The maximum Gasteiger partial charge on any atom is 0.412 e. The second-order valence-corrected chi connectivity index (χ2v) is 13.8. The van der Waals surface area contributed by atoms with Crippen molar-refractivity contribution >= 4 is 30.8 Å². The number of carbonyl (C=O) groups is 2. The molecule has 1 aliphatic heterocycles.